The largest absolute Gasteiger partial charge is 0.497 e. The Kier molecular flexibility index (Phi) is 7.25. The molecule has 2 atom stereocenters. The summed E-state index contributed by atoms with van der Waals surface area (Å²) in [5.74, 6) is 0.516. The SMILES string of the molecule is COc1cccc(C(CNC(=O)C(C)NC(=O)C(C)(C)C)N2CCCC2)c1. The Morgan fingerprint density at radius 1 is 1.22 bits per heavy atom. The summed E-state index contributed by atoms with van der Waals surface area (Å²) in [6.45, 7) is 9.76. The topological polar surface area (TPSA) is 70.7 Å². The fourth-order valence-corrected chi connectivity index (χ4v) is 3.19. The number of likely N-dealkylation sites (tertiary alicyclic amines) is 1. The van der Waals surface area contributed by atoms with Crippen molar-refractivity contribution in [2.75, 3.05) is 26.7 Å². The summed E-state index contributed by atoms with van der Waals surface area (Å²) in [6, 6.07) is 7.53. The van der Waals surface area contributed by atoms with Crippen LogP contribution < -0.4 is 15.4 Å². The van der Waals surface area contributed by atoms with Crippen molar-refractivity contribution < 1.29 is 14.3 Å². The molecule has 0 aliphatic carbocycles. The van der Waals surface area contributed by atoms with Crippen molar-refractivity contribution >= 4 is 11.8 Å². The Morgan fingerprint density at radius 3 is 2.48 bits per heavy atom. The Bertz CT molecular complexity index is 648. The van der Waals surface area contributed by atoms with Gasteiger partial charge in [0.1, 0.15) is 11.8 Å². The first-order chi connectivity index (χ1) is 12.7. The lowest BCUT2D eigenvalue weighted by molar-refractivity contribution is -0.133. The van der Waals surface area contributed by atoms with Crippen molar-refractivity contribution in [2.45, 2.75) is 52.6 Å². The number of carbonyl (C=O) groups excluding carboxylic acids is 2. The van der Waals surface area contributed by atoms with Crippen LogP contribution in [0.5, 0.6) is 5.75 Å². The Balaban J connectivity index is 2.03. The molecule has 1 aliphatic rings. The van der Waals surface area contributed by atoms with Gasteiger partial charge in [0.15, 0.2) is 0 Å². The van der Waals surface area contributed by atoms with Crippen LogP contribution in [0.2, 0.25) is 0 Å². The molecule has 2 unspecified atom stereocenters. The molecule has 1 fully saturated rings. The molecule has 150 valence electrons. The van der Waals surface area contributed by atoms with Crippen LogP contribution in [0, 0.1) is 5.41 Å². The third-order valence-corrected chi connectivity index (χ3v) is 4.95. The minimum absolute atomic E-state index is 0.0945. The summed E-state index contributed by atoms with van der Waals surface area (Å²) < 4.78 is 5.35. The van der Waals surface area contributed by atoms with Crippen LogP contribution >= 0.6 is 0 Å². The Hall–Kier alpha value is -2.08. The molecule has 1 saturated heterocycles. The van der Waals surface area contributed by atoms with Crippen molar-refractivity contribution in [3.63, 3.8) is 0 Å². The molecule has 1 aliphatic heterocycles. The Labute approximate surface area is 162 Å². The first-order valence-electron chi connectivity index (χ1n) is 9.69. The van der Waals surface area contributed by atoms with Crippen LogP contribution in [0.3, 0.4) is 0 Å². The molecule has 2 amide bonds. The maximum absolute atomic E-state index is 12.5. The van der Waals surface area contributed by atoms with Crippen LogP contribution in [-0.2, 0) is 9.59 Å². The van der Waals surface area contributed by atoms with E-state index in [-0.39, 0.29) is 17.9 Å². The van der Waals surface area contributed by atoms with Gasteiger partial charge in [-0.15, -0.1) is 0 Å². The molecule has 2 rings (SSSR count). The highest BCUT2D eigenvalue weighted by atomic mass is 16.5. The smallest absolute Gasteiger partial charge is 0.242 e. The summed E-state index contributed by atoms with van der Waals surface area (Å²) in [7, 11) is 1.66. The summed E-state index contributed by atoms with van der Waals surface area (Å²) in [5.41, 5.74) is 0.607. The van der Waals surface area contributed by atoms with Crippen molar-refractivity contribution in [3.8, 4) is 5.75 Å². The third-order valence-electron chi connectivity index (χ3n) is 4.95. The highest BCUT2D eigenvalue weighted by Gasteiger charge is 2.27. The molecule has 1 aromatic carbocycles. The van der Waals surface area contributed by atoms with Crippen LogP contribution in [0.4, 0.5) is 0 Å². The summed E-state index contributed by atoms with van der Waals surface area (Å²) in [5, 5.41) is 5.80. The molecule has 27 heavy (non-hydrogen) atoms. The van der Waals surface area contributed by atoms with Crippen molar-refractivity contribution in [2.24, 2.45) is 5.41 Å². The van der Waals surface area contributed by atoms with Gasteiger partial charge in [-0.1, -0.05) is 32.9 Å². The number of amides is 2. The van der Waals surface area contributed by atoms with Gasteiger partial charge in [0.05, 0.1) is 13.2 Å². The molecule has 0 radical (unpaired) electrons. The molecule has 0 saturated carbocycles. The number of benzene rings is 1. The number of rotatable bonds is 7. The highest BCUT2D eigenvalue weighted by molar-refractivity contribution is 5.89. The predicted octanol–water partition coefficient (Wildman–Crippen LogP) is 2.50. The second-order valence-electron chi connectivity index (χ2n) is 8.23. The standard InChI is InChI=1S/C21H33N3O3/c1-15(23-20(26)21(2,3)4)19(25)22-14-18(24-11-6-7-12-24)16-9-8-10-17(13-16)27-5/h8-10,13,15,18H,6-7,11-12,14H2,1-5H3,(H,22,25)(H,23,26). The average Bonchev–Trinajstić information content (AvgIpc) is 3.15. The van der Waals surface area contributed by atoms with Crippen LogP contribution in [0.15, 0.2) is 24.3 Å². The minimum Gasteiger partial charge on any atom is -0.497 e. The van der Waals surface area contributed by atoms with E-state index in [1.165, 1.54) is 12.8 Å². The van der Waals surface area contributed by atoms with Gasteiger partial charge in [-0.3, -0.25) is 14.5 Å². The van der Waals surface area contributed by atoms with Crippen molar-refractivity contribution in [1.82, 2.24) is 15.5 Å². The minimum atomic E-state index is -0.568. The second-order valence-corrected chi connectivity index (χ2v) is 8.23. The zero-order chi connectivity index (χ0) is 20.0. The lowest BCUT2D eigenvalue weighted by Gasteiger charge is -2.29. The number of nitrogens with one attached hydrogen (secondary N) is 2. The average molecular weight is 376 g/mol. The zero-order valence-electron chi connectivity index (χ0n) is 17.2. The van der Waals surface area contributed by atoms with E-state index in [4.69, 9.17) is 4.74 Å². The summed E-state index contributed by atoms with van der Waals surface area (Å²) in [6.07, 6.45) is 2.35. The maximum Gasteiger partial charge on any atom is 0.242 e. The normalized spacial score (nSPS) is 17.2. The maximum atomic E-state index is 12.5. The quantitative estimate of drug-likeness (QED) is 0.768. The van der Waals surface area contributed by atoms with E-state index in [1.807, 2.05) is 39.0 Å². The third kappa shape index (κ3) is 5.96. The van der Waals surface area contributed by atoms with E-state index in [1.54, 1.807) is 14.0 Å². The van der Waals surface area contributed by atoms with E-state index in [0.717, 1.165) is 24.4 Å². The van der Waals surface area contributed by atoms with Gasteiger partial charge in [-0.2, -0.15) is 0 Å². The second kappa shape index (κ2) is 9.22. The molecule has 6 nitrogen and oxygen atoms in total. The zero-order valence-corrected chi connectivity index (χ0v) is 17.2. The molecular weight excluding hydrogens is 342 g/mol. The fourth-order valence-electron chi connectivity index (χ4n) is 3.19. The van der Waals surface area contributed by atoms with Gasteiger partial charge in [0.25, 0.3) is 0 Å². The number of hydrogen-bond acceptors (Lipinski definition) is 4. The molecule has 1 heterocycles. The number of carbonyl (C=O) groups is 2. The Morgan fingerprint density at radius 2 is 1.89 bits per heavy atom. The lowest BCUT2D eigenvalue weighted by atomic mass is 9.95. The van der Waals surface area contributed by atoms with Crippen LogP contribution in [-0.4, -0.2) is 49.5 Å². The van der Waals surface area contributed by atoms with Gasteiger partial charge in [0, 0.05) is 12.0 Å². The van der Waals surface area contributed by atoms with Gasteiger partial charge < -0.3 is 15.4 Å². The van der Waals surface area contributed by atoms with Gasteiger partial charge in [-0.25, -0.2) is 0 Å². The molecule has 2 N–H and O–H groups in total. The van der Waals surface area contributed by atoms with E-state index in [9.17, 15) is 9.59 Å². The number of methoxy groups -OCH3 is 1. The number of hydrogen-bond donors (Lipinski definition) is 2. The van der Waals surface area contributed by atoms with E-state index < -0.39 is 11.5 Å². The monoisotopic (exact) mass is 375 g/mol. The molecule has 0 bridgehead atoms. The van der Waals surface area contributed by atoms with Gasteiger partial charge in [0.2, 0.25) is 11.8 Å². The lowest BCUT2D eigenvalue weighted by Crippen LogP contribution is -2.49. The first-order valence-corrected chi connectivity index (χ1v) is 9.69. The van der Waals surface area contributed by atoms with E-state index >= 15 is 0 Å². The van der Waals surface area contributed by atoms with E-state index in [0.29, 0.717) is 6.54 Å². The summed E-state index contributed by atoms with van der Waals surface area (Å²) in [4.78, 5) is 27.0. The van der Waals surface area contributed by atoms with Crippen molar-refractivity contribution in [1.29, 1.82) is 0 Å². The first kappa shape index (κ1) is 21.2. The van der Waals surface area contributed by atoms with Crippen LogP contribution in [0.1, 0.15) is 52.1 Å². The molecule has 0 spiro atoms. The van der Waals surface area contributed by atoms with Crippen molar-refractivity contribution in [3.05, 3.63) is 29.8 Å². The highest BCUT2D eigenvalue weighted by Crippen LogP contribution is 2.27. The summed E-state index contributed by atoms with van der Waals surface area (Å²) >= 11 is 0. The number of ether oxygens (including phenoxy) is 1. The van der Waals surface area contributed by atoms with Crippen LogP contribution in [0.25, 0.3) is 0 Å². The van der Waals surface area contributed by atoms with Gasteiger partial charge in [-0.05, 0) is 50.6 Å². The predicted molar refractivity (Wildman–Crippen MR) is 107 cm³/mol. The molecular formula is C21H33N3O3. The van der Waals surface area contributed by atoms with E-state index in [2.05, 4.69) is 21.6 Å². The van der Waals surface area contributed by atoms with Gasteiger partial charge >= 0.3 is 0 Å². The fraction of sp³-hybridized carbons (Fsp3) is 0.619. The number of nitrogens with zero attached hydrogens (tertiary/aromatic N) is 1. The molecule has 0 aromatic heterocycles. The molecule has 1 aromatic rings. The molecule has 6 heteroatoms.